The Morgan fingerprint density at radius 2 is 2.07 bits per heavy atom. The highest BCUT2D eigenvalue weighted by atomic mass is 16.6. The van der Waals surface area contributed by atoms with Crippen LogP contribution >= 0.6 is 0 Å². The van der Waals surface area contributed by atoms with Gasteiger partial charge in [-0.1, -0.05) is 13.8 Å². The van der Waals surface area contributed by atoms with Crippen molar-refractivity contribution < 1.29 is 19.3 Å². The van der Waals surface area contributed by atoms with Crippen LogP contribution in [-0.2, 0) is 14.2 Å². The van der Waals surface area contributed by atoms with Crippen LogP contribution in [0.25, 0.3) is 0 Å². The van der Waals surface area contributed by atoms with Crippen LogP contribution < -0.4 is 0 Å². The van der Waals surface area contributed by atoms with Crippen LogP contribution in [0.4, 0.5) is 0 Å². The number of hydrogen-bond acceptors (Lipinski definition) is 4. The maximum atomic E-state index is 9.71. The standard InChI is InChI=1S/C11H18O4/c1-10(2)3-4-15-11(10)6-14-8-7(12)5-13-9(8)11/h7-9,12H,3-6H2,1-2H3/t7-,8+,9-,11+/m0/s1. The van der Waals surface area contributed by atoms with Gasteiger partial charge in [0.1, 0.15) is 23.9 Å². The van der Waals surface area contributed by atoms with E-state index in [-0.39, 0.29) is 23.2 Å². The Labute approximate surface area is 89.5 Å². The van der Waals surface area contributed by atoms with Gasteiger partial charge in [-0.15, -0.1) is 0 Å². The van der Waals surface area contributed by atoms with E-state index in [0.717, 1.165) is 13.0 Å². The van der Waals surface area contributed by atoms with E-state index in [1.165, 1.54) is 0 Å². The van der Waals surface area contributed by atoms with Crippen molar-refractivity contribution in [2.75, 3.05) is 19.8 Å². The fraction of sp³-hybridized carbons (Fsp3) is 1.00. The first-order chi connectivity index (χ1) is 7.07. The minimum Gasteiger partial charge on any atom is -0.388 e. The Balaban J connectivity index is 1.94. The number of rotatable bonds is 0. The minimum atomic E-state index is -0.491. The number of aliphatic hydroxyl groups excluding tert-OH is 1. The third-order valence-corrected chi connectivity index (χ3v) is 4.31. The number of hydrogen-bond donors (Lipinski definition) is 1. The zero-order valence-corrected chi connectivity index (χ0v) is 9.23. The molecule has 0 radical (unpaired) electrons. The Kier molecular flexibility index (Phi) is 1.97. The Hall–Kier alpha value is -0.160. The normalized spacial score (nSPS) is 52.6. The molecule has 3 rings (SSSR count). The van der Waals surface area contributed by atoms with Crippen LogP contribution in [0.1, 0.15) is 20.3 Å². The fourth-order valence-electron chi connectivity index (χ4n) is 3.09. The van der Waals surface area contributed by atoms with Crippen molar-refractivity contribution in [2.24, 2.45) is 5.41 Å². The third-order valence-electron chi connectivity index (χ3n) is 4.31. The molecule has 4 heteroatoms. The molecule has 0 saturated carbocycles. The average molecular weight is 214 g/mol. The molecule has 1 spiro atoms. The summed E-state index contributed by atoms with van der Waals surface area (Å²) in [5, 5.41) is 9.71. The summed E-state index contributed by atoms with van der Waals surface area (Å²) in [5.41, 5.74) is -0.272. The lowest BCUT2D eigenvalue weighted by molar-refractivity contribution is -0.124. The monoisotopic (exact) mass is 214 g/mol. The van der Waals surface area contributed by atoms with Crippen molar-refractivity contribution in [1.29, 1.82) is 0 Å². The number of ether oxygens (including phenoxy) is 3. The summed E-state index contributed by atoms with van der Waals surface area (Å²) in [6.45, 7) is 6.07. The summed E-state index contributed by atoms with van der Waals surface area (Å²) in [4.78, 5) is 0. The maximum absolute atomic E-state index is 9.71. The topological polar surface area (TPSA) is 47.9 Å². The van der Waals surface area contributed by atoms with E-state index in [1.54, 1.807) is 0 Å². The second-order valence-corrected chi connectivity index (χ2v) is 5.47. The Bertz CT molecular complexity index is 278. The van der Waals surface area contributed by atoms with Gasteiger partial charge in [0.15, 0.2) is 0 Å². The van der Waals surface area contributed by atoms with Gasteiger partial charge >= 0.3 is 0 Å². The zero-order valence-electron chi connectivity index (χ0n) is 9.23. The van der Waals surface area contributed by atoms with Crippen molar-refractivity contribution in [3.8, 4) is 0 Å². The first-order valence-electron chi connectivity index (χ1n) is 5.62. The lowest BCUT2D eigenvalue weighted by atomic mass is 9.72. The molecule has 4 nitrogen and oxygen atoms in total. The fourth-order valence-corrected chi connectivity index (χ4v) is 3.09. The average Bonchev–Trinajstić information content (AvgIpc) is 2.77. The molecule has 0 aromatic rings. The summed E-state index contributed by atoms with van der Waals surface area (Å²) in [7, 11) is 0. The third kappa shape index (κ3) is 1.11. The predicted octanol–water partition coefficient (Wildman–Crippen LogP) is 0.330. The van der Waals surface area contributed by atoms with Gasteiger partial charge in [-0.2, -0.15) is 0 Å². The highest BCUT2D eigenvalue weighted by molar-refractivity contribution is 5.13. The summed E-state index contributed by atoms with van der Waals surface area (Å²) < 4.78 is 17.2. The van der Waals surface area contributed by atoms with E-state index in [1.807, 2.05) is 0 Å². The van der Waals surface area contributed by atoms with Gasteiger partial charge in [-0.05, 0) is 6.42 Å². The first-order valence-corrected chi connectivity index (χ1v) is 5.62. The van der Waals surface area contributed by atoms with Gasteiger partial charge in [0, 0.05) is 12.0 Å². The van der Waals surface area contributed by atoms with E-state index in [0.29, 0.717) is 13.2 Å². The Morgan fingerprint density at radius 3 is 2.73 bits per heavy atom. The molecule has 3 aliphatic rings. The molecule has 1 N–H and O–H groups in total. The molecule has 3 fully saturated rings. The zero-order chi connectivity index (χ0) is 10.7. The predicted molar refractivity (Wildman–Crippen MR) is 52.6 cm³/mol. The smallest absolute Gasteiger partial charge is 0.125 e. The molecule has 86 valence electrons. The van der Waals surface area contributed by atoms with E-state index >= 15 is 0 Å². The second kappa shape index (κ2) is 2.94. The molecular formula is C11H18O4. The van der Waals surface area contributed by atoms with Crippen molar-refractivity contribution in [3.63, 3.8) is 0 Å². The highest BCUT2D eigenvalue weighted by Gasteiger charge is 2.65. The molecule has 0 aliphatic carbocycles. The molecule has 0 bridgehead atoms. The molecule has 3 heterocycles. The van der Waals surface area contributed by atoms with Crippen molar-refractivity contribution in [1.82, 2.24) is 0 Å². The molecule has 0 amide bonds. The minimum absolute atomic E-state index is 0.0659. The van der Waals surface area contributed by atoms with E-state index in [4.69, 9.17) is 14.2 Å². The molecule has 0 aromatic heterocycles. The van der Waals surface area contributed by atoms with Crippen LogP contribution in [0.3, 0.4) is 0 Å². The quantitative estimate of drug-likeness (QED) is 0.631. The van der Waals surface area contributed by atoms with E-state index < -0.39 is 6.10 Å². The van der Waals surface area contributed by atoms with Crippen molar-refractivity contribution >= 4 is 0 Å². The second-order valence-electron chi connectivity index (χ2n) is 5.47. The SMILES string of the molecule is CC1(C)CCO[C@@]12CO[C@@H]1[C@@H](O)CO[C@@H]12. The molecule has 0 aromatic carbocycles. The molecule has 4 atom stereocenters. The largest absolute Gasteiger partial charge is 0.388 e. The lowest BCUT2D eigenvalue weighted by Gasteiger charge is -2.38. The van der Waals surface area contributed by atoms with Gasteiger partial charge in [-0.3, -0.25) is 0 Å². The van der Waals surface area contributed by atoms with Crippen LogP contribution in [0.5, 0.6) is 0 Å². The van der Waals surface area contributed by atoms with Gasteiger partial charge in [0.2, 0.25) is 0 Å². The Morgan fingerprint density at radius 1 is 1.27 bits per heavy atom. The molecule has 15 heavy (non-hydrogen) atoms. The van der Waals surface area contributed by atoms with E-state index in [2.05, 4.69) is 13.8 Å². The highest BCUT2D eigenvalue weighted by Crippen LogP contribution is 2.52. The van der Waals surface area contributed by atoms with Crippen molar-refractivity contribution in [3.05, 3.63) is 0 Å². The van der Waals surface area contributed by atoms with Gasteiger partial charge in [0.25, 0.3) is 0 Å². The van der Waals surface area contributed by atoms with Gasteiger partial charge in [0.05, 0.1) is 13.2 Å². The molecule has 0 unspecified atom stereocenters. The molecule has 3 saturated heterocycles. The summed E-state index contributed by atoms with van der Waals surface area (Å²) in [6.07, 6.45) is 0.251. The molecule has 3 aliphatic heterocycles. The summed E-state index contributed by atoms with van der Waals surface area (Å²) in [5.74, 6) is 0. The summed E-state index contributed by atoms with van der Waals surface area (Å²) >= 11 is 0. The van der Waals surface area contributed by atoms with Crippen molar-refractivity contribution in [2.45, 2.75) is 44.2 Å². The lowest BCUT2D eigenvalue weighted by Crippen LogP contribution is -2.52. The molecular weight excluding hydrogens is 196 g/mol. The van der Waals surface area contributed by atoms with Gasteiger partial charge < -0.3 is 19.3 Å². The number of fused-ring (bicyclic) bond motifs is 2. The number of aliphatic hydroxyl groups is 1. The first kappa shape index (κ1) is 10.0. The van der Waals surface area contributed by atoms with Crippen LogP contribution in [-0.4, -0.2) is 48.8 Å². The maximum Gasteiger partial charge on any atom is 0.125 e. The van der Waals surface area contributed by atoms with E-state index in [9.17, 15) is 5.11 Å². The van der Waals surface area contributed by atoms with Crippen LogP contribution in [0, 0.1) is 5.41 Å². The van der Waals surface area contributed by atoms with Crippen LogP contribution in [0.2, 0.25) is 0 Å². The summed E-state index contributed by atoms with van der Waals surface area (Å²) in [6, 6.07) is 0. The van der Waals surface area contributed by atoms with Gasteiger partial charge in [-0.25, -0.2) is 0 Å². The van der Waals surface area contributed by atoms with Crippen LogP contribution in [0.15, 0.2) is 0 Å².